The maximum atomic E-state index is 9.15. The average molecular weight is 356 g/mol. The van der Waals surface area contributed by atoms with E-state index in [4.69, 9.17) is 21.4 Å². The molecule has 0 aromatic heterocycles. The quantitative estimate of drug-likeness (QED) is 0.745. The van der Waals surface area contributed by atoms with Crippen LogP contribution < -0.4 is 10.1 Å². The maximum absolute atomic E-state index is 9.15. The van der Waals surface area contributed by atoms with Gasteiger partial charge in [0, 0.05) is 17.6 Å². The number of rotatable bonds is 8. The van der Waals surface area contributed by atoms with E-state index in [1.807, 2.05) is 48.5 Å². The average Bonchev–Trinajstić information content (AvgIpc) is 2.56. The number of benzene rings is 2. The molecule has 0 amide bonds. The SMILES string of the molecule is CCC(CO)NCc1ccc(OCc2ccc(Cl)cc2)cc1.Cl. The Morgan fingerprint density at radius 2 is 1.65 bits per heavy atom. The molecule has 2 N–H and O–H groups in total. The summed E-state index contributed by atoms with van der Waals surface area (Å²) >= 11 is 5.86. The molecule has 0 aliphatic rings. The number of halogens is 2. The van der Waals surface area contributed by atoms with Crippen LogP contribution in [0.25, 0.3) is 0 Å². The summed E-state index contributed by atoms with van der Waals surface area (Å²) in [5, 5.41) is 13.2. The Morgan fingerprint density at radius 3 is 2.22 bits per heavy atom. The largest absolute Gasteiger partial charge is 0.489 e. The van der Waals surface area contributed by atoms with Gasteiger partial charge < -0.3 is 15.2 Å². The van der Waals surface area contributed by atoms with E-state index in [2.05, 4.69) is 12.2 Å². The Morgan fingerprint density at radius 1 is 1.04 bits per heavy atom. The van der Waals surface area contributed by atoms with E-state index in [1.165, 1.54) is 5.56 Å². The van der Waals surface area contributed by atoms with Crippen LogP contribution in [0, 0.1) is 0 Å². The van der Waals surface area contributed by atoms with Crippen LogP contribution in [0.15, 0.2) is 48.5 Å². The van der Waals surface area contributed by atoms with Gasteiger partial charge in [0.2, 0.25) is 0 Å². The minimum Gasteiger partial charge on any atom is -0.489 e. The molecule has 3 nitrogen and oxygen atoms in total. The first-order chi connectivity index (χ1) is 10.7. The third-order valence-corrected chi connectivity index (χ3v) is 3.80. The molecule has 1 atom stereocenters. The van der Waals surface area contributed by atoms with Crippen molar-refractivity contribution in [1.29, 1.82) is 0 Å². The molecule has 0 aliphatic carbocycles. The monoisotopic (exact) mass is 355 g/mol. The number of hydrogen-bond donors (Lipinski definition) is 2. The minimum atomic E-state index is 0. The van der Waals surface area contributed by atoms with Gasteiger partial charge in [0.15, 0.2) is 0 Å². The third-order valence-electron chi connectivity index (χ3n) is 3.55. The van der Waals surface area contributed by atoms with Gasteiger partial charge in [-0.3, -0.25) is 0 Å². The molecular weight excluding hydrogens is 333 g/mol. The van der Waals surface area contributed by atoms with Crippen molar-refractivity contribution >= 4 is 24.0 Å². The van der Waals surface area contributed by atoms with Crippen LogP contribution in [0.4, 0.5) is 0 Å². The molecule has 0 spiro atoms. The Kier molecular flexibility index (Phi) is 9.03. The lowest BCUT2D eigenvalue weighted by Crippen LogP contribution is -2.31. The van der Waals surface area contributed by atoms with Crippen LogP contribution in [0.2, 0.25) is 5.02 Å². The molecule has 5 heteroatoms. The van der Waals surface area contributed by atoms with Gasteiger partial charge in [-0.1, -0.05) is 42.8 Å². The van der Waals surface area contributed by atoms with Crippen LogP contribution in [0.5, 0.6) is 5.75 Å². The predicted molar refractivity (Wildman–Crippen MR) is 97.5 cm³/mol. The molecular formula is C18H23Cl2NO2. The van der Waals surface area contributed by atoms with Crippen molar-refractivity contribution in [3.05, 3.63) is 64.7 Å². The van der Waals surface area contributed by atoms with Crippen LogP contribution in [0.3, 0.4) is 0 Å². The fourth-order valence-corrected chi connectivity index (χ4v) is 2.18. The Labute approximate surface area is 149 Å². The lowest BCUT2D eigenvalue weighted by molar-refractivity contribution is 0.238. The van der Waals surface area contributed by atoms with Crippen LogP contribution in [0.1, 0.15) is 24.5 Å². The molecule has 0 saturated heterocycles. The van der Waals surface area contributed by atoms with E-state index in [0.717, 1.165) is 29.3 Å². The lowest BCUT2D eigenvalue weighted by Gasteiger charge is -2.14. The molecule has 2 aromatic carbocycles. The molecule has 0 aliphatic heterocycles. The molecule has 0 saturated carbocycles. The molecule has 0 bridgehead atoms. The highest BCUT2D eigenvalue weighted by atomic mass is 35.5. The number of ether oxygens (including phenoxy) is 1. The van der Waals surface area contributed by atoms with E-state index in [0.29, 0.717) is 6.61 Å². The first kappa shape index (κ1) is 19.8. The van der Waals surface area contributed by atoms with Crippen molar-refractivity contribution in [3.8, 4) is 5.75 Å². The van der Waals surface area contributed by atoms with Gasteiger partial charge in [-0.25, -0.2) is 0 Å². The van der Waals surface area contributed by atoms with Gasteiger partial charge in [-0.2, -0.15) is 0 Å². The number of aliphatic hydroxyl groups excluding tert-OH is 1. The van der Waals surface area contributed by atoms with E-state index < -0.39 is 0 Å². The molecule has 0 heterocycles. The fraction of sp³-hybridized carbons (Fsp3) is 0.333. The maximum Gasteiger partial charge on any atom is 0.119 e. The van der Waals surface area contributed by atoms with E-state index in [1.54, 1.807) is 0 Å². The Balaban J connectivity index is 0.00000264. The topological polar surface area (TPSA) is 41.5 Å². The first-order valence-corrected chi connectivity index (χ1v) is 7.89. The second-order valence-corrected chi connectivity index (χ2v) is 5.66. The molecule has 2 aromatic rings. The number of aliphatic hydroxyl groups is 1. The van der Waals surface area contributed by atoms with E-state index in [9.17, 15) is 0 Å². The van der Waals surface area contributed by atoms with Gasteiger partial charge >= 0.3 is 0 Å². The predicted octanol–water partition coefficient (Wildman–Crippen LogP) is 4.20. The van der Waals surface area contributed by atoms with Crippen molar-refractivity contribution in [3.63, 3.8) is 0 Å². The van der Waals surface area contributed by atoms with Crippen molar-refractivity contribution in [2.45, 2.75) is 32.5 Å². The third kappa shape index (κ3) is 6.80. The van der Waals surface area contributed by atoms with Crippen molar-refractivity contribution in [1.82, 2.24) is 5.32 Å². The summed E-state index contributed by atoms with van der Waals surface area (Å²) in [6.45, 7) is 3.49. The summed E-state index contributed by atoms with van der Waals surface area (Å²) in [5.74, 6) is 0.841. The Hall–Kier alpha value is -1.26. The second-order valence-electron chi connectivity index (χ2n) is 5.23. The van der Waals surface area contributed by atoms with E-state index >= 15 is 0 Å². The Bertz CT molecular complexity index is 554. The second kappa shape index (κ2) is 10.5. The summed E-state index contributed by atoms with van der Waals surface area (Å²) in [6, 6.07) is 15.8. The van der Waals surface area contributed by atoms with Gasteiger partial charge in [0.25, 0.3) is 0 Å². The van der Waals surface area contributed by atoms with Gasteiger partial charge in [0.1, 0.15) is 12.4 Å². The standard InChI is InChI=1S/C18H22ClNO2.ClH/c1-2-17(12-21)20-11-14-5-9-18(10-6-14)22-13-15-3-7-16(19)8-4-15;/h3-10,17,20-21H,2,11-13H2,1H3;1H. The number of hydrogen-bond acceptors (Lipinski definition) is 3. The summed E-state index contributed by atoms with van der Waals surface area (Å²) in [5.41, 5.74) is 2.26. The normalized spacial score (nSPS) is 11.6. The highest BCUT2D eigenvalue weighted by Crippen LogP contribution is 2.15. The van der Waals surface area contributed by atoms with Gasteiger partial charge in [-0.15, -0.1) is 12.4 Å². The summed E-state index contributed by atoms with van der Waals surface area (Å²) in [4.78, 5) is 0. The zero-order valence-electron chi connectivity index (χ0n) is 13.2. The minimum absolute atomic E-state index is 0. The molecule has 23 heavy (non-hydrogen) atoms. The molecule has 2 rings (SSSR count). The molecule has 1 unspecified atom stereocenters. The summed E-state index contributed by atoms with van der Waals surface area (Å²) < 4.78 is 5.75. The van der Waals surface area contributed by atoms with Crippen LogP contribution >= 0.6 is 24.0 Å². The van der Waals surface area contributed by atoms with Crippen molar-refractivity contribution in [2.24, 2.45) is 0 Å². The van der Waals surface area contributed by atoms with Gasteiger partial charge in [-0.05, 0) is 41.8 Å². The lowest BCUT2D eigenvalue weighted by atomic mass is 10.2. The highest BCUT2D eigenvalue weighted by Gasteiger charge is 2.03. The van der Waals surface area contributed by atoms with Crippen molar-refractivity contribution in [2.75, 3.05) is 6.61 Å². The summed E-state index contributed by atoms with van der Waals surface area (Å²) in [6.07, 6.45) is 0.915. The first-order valence-electron chi connectivity index (χ1n) is 7.51. The molecule has 126 valence electrons. The molecule has 0 fully saturated rings. The summed E-state index contributed by atoms with van der Waals surface area (Å²) in [7, 11) is 0. The smallest absolute Gasteiger partial charge is 0.119 e. The highest BCUT2D eigenvalue weighted by molar-refractivity contribution is 6.30. The molecule has 0 radical (unpaired) electrons. The fourth-order valence-electron chi connectivity index (χ4n) is 2.05. The van der Waals surface area contributed by atoms with Crippen LogP contribution in [-0.2, 0) is 13.2 Å². The number of nitrogens with one attached hydrogen (secondary N) is 1. The van der Waals surface area contributed by atoms with Crippen molar-refractivity contribution < 1.29 is 9.84 Å². The zero-order chi connectivity index (χ0) is 15.8. The van der Waals surface area contributed by atoms with Crippen LogP contribution in [-0.4, -0.2) is 17.8 Å². The van der Waals surface area contributed by atoms with E-state index in [-0.39, 0.29) is 25.1 Å². The zero-order valence-corrected chi connectivity index (χ0v) is 14.7. The van der Waals surface area contributed by atoms with Gasteiger partial charge in [0.05, 0.1) is 6.61 Å².